The van der Waals surface area contributed by atoms with E-state index in [1.165, 1.54) is 0 Å². The minimum atomic E-state index is -0.369. The molecule has 0 fully saturated rings. The Morgan fingerprint density at radius 1 is 1.43 bits per heavy atom. The molecule has 0 heterocycles. The summed E-state index contributed by atoms with van der Waals surface area (Å²) in [6, 6.07) is 9.26. The molecule has 1 aromatic rings. The van der Waals surface area contributed by atoms with Gasteiger partial charge < -0.3 is 5.11 Å². The molecule has 4 nitrogen and oxygen atoms in total. The van der Waals surface area contributed by atoms with Gasteiger partial charge in [-0.05, 0) is 12.0 Å². The molecule has 1 atom stereocenters. The normalized spacial score (nSPS) is 12.1. The average Bonchev–Trinajstić information content (AvgIpc) is 2.26. The lowest BCUT2D eigenvalue weighted by molar-refractivity contribution is -0.123. The largest absolute Gasteiger partial charge is 0.396 e. The van der Waals surface area contributed by atoms with Gasteiger partial charge in [0, 0.05) is 6.61 Å². The van der Waals surface area contributed by atoms with Gasteiger partial charge in [0.25, 0.3) is 0 Å². The molecule has 0 spiro atoms. The Morgan fingerprint density at radius 2 is 2.07 bits per heavy atom. The van der Waals surface area contributed by atoms with Gasteiger partial charge in [-0.2, -0.15) is 0 Å². The number of hydrazine groups is 1. The number of aliphatic hydroxyl groups is 1. The second kappa shape index (κ2) is 5.36. The summed E-state index contributed by atoms with van der Waals surface area (Å²) in [6.45, 7) is -0.0347. The molecule has 14 heavy (non-hydrogen) atoms. The van der Waals surface area contributed by atoms with Gasteiger partial charge in [0.1, 0.15) is 0 Å². The fourth-order valence-electron chi connectivity index (χ4n) is 1.36. The topological polar surface area (TPSA) is 75.3 Å². The number of hydrogen-bond donors (Lipinski definition) is 3. The van der Waals surface area contributed by atoms with Gasteiger partial charge in [0.15, 0.2) is 0 Å². The number of nitrogens with two attached hydrogens (primary N) is 1. The number of benzene rings is 1. The summed E-state index contributed by atoms with van der Waals surface area (Å²) in [5.74, 6) is 4.42. The Kier molecular flexibility index (Phi) is 4.10. The molecule has 1 aromatic carbocycles. The van der Waals surface area contributed by atoms with Crippen LogP contribution in [-0.2, 0) is 4.79 Å². The second-order valence-corrected chi connectivity index (χ2v) is 2.98. The van der Waals surface area contributed by atoms with Crippen molar-refractivity contribution in [1.82, 2.24) is 5.43 Å². The van der Waals surface area contributed by atoms with Crippen LogP contribution in [0.5, 0.6) is 0 Å². The van der Waals surface area contributed by atoms with E-state index >= 15 is 0 Å². The summed E-state index contributed by atoms with van der Waals surface area (Å²) in [5.41, 5.74) is 2.96. The van der Waals surface area contributed by atoms with Crippen LogP contribution in [0.4, 0.5) is 0 Å². The zero-order valence-electron chi connectivity index (χ0n) is 7.81. The standard InChI is InChI=1S/C10H14N2O2/c11-12-10(14)9(6-7-13)8-4-2-1-3-5-8/h1-5,9,13H,6-7,11H2,(H,12,14). The zero-order valence-corrected chi connectivity index (χ0v) is 7.81. The van der Waals surface area contributed by atoms with Crippen LogP contribution in [-0.4, -0.2) is 17.6 Å². The van der Waals surface area contributed by atoms with Gasteiger partial charge >= 0.3 is 0 Å². The van der Waals surface area contributed by atoms with Crippen molar-refractivity contribution in [2.45, 2.75) is 12.3 Å². The summed E-state index contributed by atoms with van der Waals surface area (Å²) in [6.07, 6.45) is 0.382. The third-order valence-electron chi connectivity index (χ3n) is 2.08. The van der Waals surface area contributed by atoms with Gasteiger partial charge in [0.2, 0.25) is 5.91 Å². The van der Waals surface area contributed by atoms with Crippen molar-refractivity contribution in [3.63, 3.8) is 0 Å². The Balaban J connectivity index is 2.83. The van der Waals surface area contributed by atoms with Crippen molar-refractivity contribution >= 4 is 5.91 Å². The average molecular weight is 194 g/mol. The lowest BCUT2D eigenvalue weighted by atomic mass is 9.95. The van der Waals surface area contributed by atoms with Gasteiger partial charge in [-0.25, -0.2) is 5.84 Å². The first-order chi connectivity index (χ1) is 6.79. The van der Waals surface area contributed by atoms with Crippen LogP contribution in [0.15, 0.2) is 30.3 Å². The molecule has 0 radical (unpaired) electrons. The molecule has 1 amide bonds. The number of hydrogen-bond acceptors (Lipinski definition) is 3. The predicted molar refractivity (Wildman–Crippen MR) is 53.2 cm³/mol. The first-order valence-corrected chi connectivity index (χ1v) is 4.46. The maximum atomic E-state index is 11.4. The Hall–Kier alpha value is -1.39. The summed E-state index contributed by atoms with van der Waals surface area (Å²) < 4.78 is 0. The van der Waals surface area contributed by atoms with Gasteiger partial charge in [-0.15, -0.1) is 0 Å². The van der Waals surface area contributed by atoms with Crippen molar-refractivity contribution in [2.75, 3.05) is 6.61 Å². The van der Waals surface area contributed by atoms with Gasteiger partial charge in [-0.1, -0.05) is 30.3 Å². The molecule has 0 aliphatic rings. The Bertz CT molecular complexity index is 287. The van der Waals surface area contributed by atoms with Crippen molar-refractivity contribution in [1.29, 1.82) is 0 Å². The first kappa shape index (κ1) is 10.7. The van der Waals surface area contributed by atoms with Gasteiger partial charge in [0.05, 0.1) is 5.92 Å². The van der Waals surface area contributed by atoms with Crippen LogP contribution in [0.3, 0.4) is 0 Å². The molecule has 4 N–H and O–H groups in total. The monoisotopic (exact) mass is 194 g/mol. The molecule has 0 aliphatic heterocycles. The third kappa shape index (κ3) is 2.55. The molecule has 0 aliphatic carbocycles. The lowest BCUT2D eigenvalue weighted by Gasteiger charge is -2.13. The molecule has 0 aromatic heterocycles. The molecule has 4 heteroatoms. The van der Waals surface area contributed by atoms with Crippen molar-refractivity contribution in [3.8, 4) is 0 Å². The van der Waals surface area contributed by atoms with Gasteiger partial charge in [-0.3, -0.25) is 10.2 Å². The smallest absolute Gasteiger partial charge is 0.241 e. The van der Waals surface area contributed by atoms with Crippen LogP contribution in [0.1, 0.15) is 17.9 Å². The van der Waals surface area contributed by atoms with E-state index in [2.05, 4.69) is 5.43 Å². The Morgan fingerprint density at radius 3 is 2.57 bits per heavy atom. The SMILES string of the molecule is NNC(=O)C(CCO)c1ccccc1. The second-order valence-electron chi connectivity index (χ2n) is 2.98. The van der Waals surface area contributed by atoms with E-state index in [9.17, 15) is 4.79 Å². The maximum Gasteiger partial charge on any atom is 0.241 e. The van der Waals surface area contributed by atoms with Crippen LogP contribution in [0.25, 0.3) is 0 Å². The highest BCUT2D eigenvalue weighted by molar-refractivity contribution is 5.83. The summed E-state index contributed by atoms with van der Waals surface area (Å²) >= 11 is 0. The van der Waals surface area contributed by atoms with Crippen LogP contribution < -0.4 is 11.3 Å². The highest BCUT2D eigenvalue weighted by atomic mass is 16.3. The maximum absolute atomic E-state index is 11.4. The highest BCUT2D eigenvalue weighted by Crippen LogP contribution is 2.18. The number of carbonyl (C=O) groups is 1. The van der Waals surface area contributed by atoms with Crippen molar-refractivity contribution in [2.24, 2.45) is 5.84 Å². The minimum Gasteiger partial charge on any atom is -0.396 e. The quantitative estimate of drug-likeness (QED) is 0.362. The fourth-order valence-corrected chi connectivity index (χ4v) is 1.36. The van der Waals surface area contributed by atoms with Crippen molar-refractivity contribution in [3.05, 3.63) is 35.9 Å². The van der Waals surface area contributed by atoms with Crippen LogP contribution >= 0.6 is 0 Å². The van der Waals surface area contributed by atoms with E-state index < -0.39 is 0 Å². The Labute approximate surface area is 82.7 Å². The number of nitrogens with one attached hydrogen (secondary N) is 1. The molecule has 76 valence electrons. The summed E-state index contributed by atoms with van der Waals surface area (Å²) in [5, 5.41) is 8.82. The summed E-state index contributed by atoms with van der Waals surface area (Å²) in [7, 11) is 0. The van der Waals surface area contributed by atoms with Crippen molar-refractivity contribution < 1.29 is 9.90 Å². The molecule has 0 bridgehead atoms. The van der Waals surface area contributed by atoms with E-state index in [4.69, 9.17) is 10.9 Å². The molecule has 0 saturated carbocycles. The molecular weight excluding hydrogens is 180 g/mol. The zero-order chi connectivity index (χ0) is 10.4. The molecular formula is C10H14N2O2. The first-order valence-electron chi connectivity index (χ1n) is 4.46. The lowest BCUT2D eigenvalue weighted by Crippen LogP contribution is -2.35. The summed E-state index contributed by atoms with van der Waals surface area (Å²) in [4.78, 5) is 11.4. The number of aliphatic hydroxyl groups excluding tert-OH is 1. The minimum absolute atomic E-state index is 0.0347. The highest BCUT2D eigenvalue weighted by Gasteiger charge is 2.18. The van der Waals surface area contributed by atoms with E-state index in [1.54, 1.807) is 0 Å². The molecule has 1 rings (SSSR count). The van der Waals surface area contributed by atoms with E-state index in [0.29, 0.717) is 6.42 Å². The predicted octanol–water partition coefficient (Wildman–Crippen LogP) is 0.142. The number of amides is 1. The number of carbonyl (C=O) groups excluding carboxylic acids is 1. The molecule has 0 saturated heterocycles. The van der Waals surface area contributed by atoms with E-state index in [1.807, 2.05) is 30.3 Å². The van der Waals surface area contributed by atoms with E-state index in [0.717, 1.165) is 5.56 Å². The van der Waals surface area contributed by atoms with E-state index in [-0.39, 0.29) is 18.4 Å². The third-order valence-corrected chi connectivity index (χ3v) is 2.08. The number of rotatable bonds is 4. The van der Waals surface area contributed by atoms with Crippen LogP contribution in [0.2, 0.25) is 0 Å². The molecule has 1 unspecified atom stereocenters. The van der Waals surface area contributed by atoms with Crippen LogP contribution in [0, 0.1) is 0 Å². The fraction of sp³-hybridized carbons (Fsp3) is 0.300.